The van der Waals surface area contributed by atoms with Crippen LogP contribution in [0.1, 0.15) is 29.6 Å². The van der Waals surface area contributed by atoms with E-state index in [9.17, 15) is 13.2 Å². The summed E-state index contributed by atoms with van der Waals surface area (Å²) in [6.45, 7) is 4.62. The van der Waals surface area contributed by atoms with E-state index in [2.05, 4.69) is 10.2 Å². The minimum atomic E-state index is -3.58. The molecule has 0 atom stereocenters. The first-order valence-electron chi connectivity index (χ1n) is 9.23. The molecule has 0 radical (unpaired) electrons. The van der Waals surface area contributed by atoms with Crippen molar-refractivity contribution in [1.29, 1.82) is 0 Å². The Bertz CT molecular complexity index is 762. The Morgan fingerprint density at radius 1 is 1.00 bits per heavy atom. The van der Waals surface area contributed by atoms with Crippen molar-refractivity contribution in [3.63, 3.8) is 0 Å². The lowest BCUT2D eigenvalue weighted by molar-refractivity contribution is 0.0736. The van der Waals surface area contributed by atoms with Gasteiger partial charge in [0.1, 0.15) is 0 Å². The molecule has 3 rings (SSSR count). The Hall–Kier alpha value is -1.06. The number of anilines is 1. The summed E-state index contributed by atoms with van der Waals surface area (Å²) < 4.78 is 26.3. The molecule has 0 aromatic heterocycles. The summed E-state index contributed by atoms with van der Waals surface area (Å²) in [5.41, 5.74) is 1.35. The van der Waals surface area contributed by atoms with Gasteiger partial charge < -0.3 is 15.1 Å². The Balaban J connectivity index is 0.00000196. The Labute approximate surface area is 180 Å². The van der Waals surface area contributed by atoms with Gasteiger partial charge in [0.15, 0.2) is 0 Å². The molecule has 0 unspecified atom stereocenters. The first-order chi connectivity index (χ1) is 12.4. The number of nitrogens with one attached hydrogen (secondary N) is 1. The maximum Gasteiger partial charge on any atom is 0.256 e. The van der Waals surface area contributed by atoms with Gasteiger partial charge in [-0.1, -0.05) is 0 Å². The van der Waals surface area contributed by atoms with E-state index in [1.54, 1.807) is 18.2 Å². The molecule has 0 bridgehead atoms. The molecule has 2 saturated heterocycles. The molecule has 0 spiro atoms. The van der Waals surface area contributed by atoms with Crippen LogP contribution in [0, 0.1) is 0 Å². The second kappa shape index (κ2) is 10.6. The predicted octanol–water partition coefficient (Wildman–Crippen LogP) is 1.82. The molecule has 1 amide bonds. The van der Waals surface area contributed by atoms with E-state index >= 15 is 0 Å². The first-order valence-corrected chi connectivity index (χ1v) is 10.7. The van der Waals surface area contributed by atoms with Crippen LogP contribution in [0.25, 0.3) is 0 Å². The van der Waals surface area contributed by atoms with E-state index in [4.69, 9.17) is 0 Å². The van der Waals surface area contributed by atoms with Gasteiger partial charge in [0.25, 0.3) is 5.91 Å². The minimum Gasteiger partial charge on any atom is -0.371 e. The lowest BCUT2D eigenvalue weighted by atomic mass is 10.1. The average Bonchev–Trinajstić information content (AvgIpc) is 2.68. The van der Waals surface area contributed by atoms with Crippen molar-refractivity contribution in [2.45, 2.75) is 24.2 Å². The van der Waals surface area contributed by atoms with E-state index in [0.717, 1.165) is 44.7 Å². The van der Waals surface area contributed by atoms with Crippen LogP contribution in [-0.2, 0) is 10.0 Å². The lowest BCUT2D eigenvalue weighted by Crippen LogP contribution is -2.47. The maximum absolute atomic E-state index is 13.2. The predicted molar refractivity (Wildman–Crippen MR) is 117 cm³/mol. The number of piperidine rings is 1. The molecule has 2 aliphatic rings. The van der Waals surface area contributed by atoms with Crippen LogP contribution in [0.4, 0.5) is 5.69 Å². The van der Waals surface area contributed by atoms with E-state index in [1.807, 2.05) is 4.90 Å². The highest BCUT2D eigenvalue weighted by molar-refractivity contribution is 7.89. The molecular formula is C18H30Cl2N4O3S. The fraction of sp³-hybridized carbons (Fsp3) is 0.611. The Morgan fingerprint density at radius 2 is 1.61 bits per heavy atom. The third-order valence-corrected chi connectivity index (χ3v) is 6.89. The third-order valence-electron chi connectivity index (χ3n) is 5.08. The SMILES string of the molecule is CN(C)S(=O)(=O)c1ccc(N2CCCCC2)c(C(=O)N2CCNCC2)c1.Cl.Cl. The fourth-order valence-electron chi connectivity index (χ4n) is 3.51. The summed E-state index contributed by atoms with van der Waals surface area (Å²) in [4.78, 5) is 17.4. The number of hydrogen-bond acceptors (Lipinski definition) is 5. The zero-order valence-electron chi connectivity index (χ0n) is 16.4. The van der Waals surface area contributed by atoms with Crippen LogP contribution in [0.5, 0.6) is 0 Å². The highest BCUT2D eigenvalue weighted by Gasteiger charge is 2.27. The van der Waals surface area contributed by atoms with Crippen LogP contribution in [0.2, 0.25) is 0 Å². The fourth-order valence-corrected chi connectivity index (χ4v) is 4.43. The van der Waals surface area contributed by atoms with Crippen molar-refractivity contribution < 1.29 is 13.2 Å². The zero-order valence-corrected chi connectivity index (χ0v) is 18.8. The topological polar surface area (TPSA) is 73.0 Å². The van der Waals surface area contributed by atoms with E-state index in [-0.39, 0.29) is 35.6 Å². The van der Waals surface area contributed by atoms with Crippen LogP contribution < -0.4 is 10.2 Å². The van der Waals surface area contributed by atoms with Crippen molar-refractivity contribution >= 4 is 46.4 Å². The van der Waals surface area contributed by atoms with Gasteiger partial charge in [-0.15, -0.1) is 24.8 Å². The number of carbonyl (C=O) groups is 1. The second-order valence-corrected chi connectivity index (χ2v) is 9.21. The highest BCUT2D eigenvalue weighted by atomic mass is 35.5. The molecule has 160 valence electrons. The highest BCUT2D eigenvalue weighted by Crippen LogP contribution is 2.29. The summed E-state index contributed by atoms with van der Waals surface area (Å²) in [7, 11) is -0.568. The second-order valence-electron chi connectivity index (χ2n) is 7.06. The van der Waals surface area contributed by atoms with Crippen LogP contribution >= 0.6 is 24.8 Å². The van der Waals surface area contributed by atoms with Crippen molar-refractivity contribution in [2.75, 3.05) is 58.3 Å². The smallest absolute Gasteiger partial charge is 0.256 e. The van der Waals surface area contributed by atoms with Crippen molar-refractivity contribution in [1.82, 2.24) is 14.5 Å². The molecule has 2 aliphatic heterocycles. The molecule has 2 fully saturated rings. The largest absolute Gasteiger partial charge is 0.371 e. The van der Waals surface area contributed by atoms with E-state index in [1.165, 1.54) is 24.8 Å². The molecule has 1 aromatic rings. The van der Waals surface area contributed by atoms with Gasteiger partial charge >= 0.3 is 0 Å². The molecule has 1 aromatic carbocycles. The summed E-state index contributed by atoms with van der Waals surface area (Å²) in [6.07, 6.45) is 3.39. The number of hydrogen-bond donors (Lipinski definition) is 1. The molecule has 10 heteroatoms. The van der Waals surface area contributed by atoms with E-state index in [0.29, 0.717) is 18.7 Å². The quantitative estimate of drug-likeness (QED) is 0.753. The summed E-state index contributed by atoms with van der Waals surface area (Å²) >= 11 is 0. The standard InChI is InChI=1S/C18H28N4O3S.2ClH/c1-20(2)26(24,25)15-6-7-17(21-10-4-3-5-11-21)16(14-15)18(23)22-12-8-19-9-13-22;;/h6-7,14,19H,3-5,8-13H2,1-2H3;2*1H. The number of rotatable bonds is 4. The van der Waals surface area contributed by atoms with Gasteiger partial charge in [0.05, 0.1) is 10.5 Å². The summed E-state index contributed by atoms with van der Waals surface area (Å²) in [6, 6.07) is 4.98. The number of piperazine rings is 1. The molecule has 1 N–H and O–H groups in total. The molecule has 0 aliphatic carbocycles. The van der Waals surface area contributed by atoms with Crippen LogP contribution in [-0.4, -0.2) is 76.9 Å². The minimum absolute atomic E-state index is 0. The number of nitrogens with zero attached hydrogens (tertiary/aromatic N) is 3. The normalized spacial score (nSPS) is 17.7. The molecule has 28 heavy (non-hydrogen) atoms. The number of amides is 1. The van der Waals surface area contributed by atoms with Gasteiger partial charge in [-0.2, -0.15) is 0 Å². The number of benzene rings is 1. The zero-order chi connectivity index (χ0) is 18.7. The van der Waals surface area contributed by atoms with Gasteiger partial charge in [0, 0.05) is 59.1 Å². The Morgan fingerprint density at radius 3 is 2.18 bits per heavy atom. The van der Waals surface area contributed by atoms with Gasteiger partial charge in [-0.3, -0.25) is 4.79 Å². The van der Waals surface area contributed by atoms with Gasteiger partial charge in [0.2, 0.25) is 10.0 Å². The van der Waals surface area contributed by atoms with Crippen molar-refractivity contribution in [2.24, 2.45) is 0 Å². The van der Waals surface area contributed by atoms with Crippen molar-refractivity contribution in [3.8, 4) is 0 Å². The molecule has 2 heterocycles. The number of carbonyl (C=O) groups excluding carboxylic acids is 1. The van der Waals surface area contributed by atoms with Gasteiger partial charge in [-0.25, -0.2) is 12.7 Å². The Kier molecular flexibility index (Phi) is 9.49. The lowest BCUT2D eigenvalue weighted by Gasteiger charge is -2.33. The van der Waals surface area contributed by atoms with E-state index < -0.39 is 10.0 Å². The van der Waals surface area contributed by atoms with Gasteiger partial charge in [-0.05, 0) is 37.5 Å². The number of sulfonamides is 1. The molecule has 0 saturated carbocycles. The molecular weight excluding hydrogens is 423 g/mol. The summed E-state index contributed by atoms with van der Waals surface area (Å²) in [5, 5.41) is 3.24. The maximum atomic E-state index is 13.2. The monoisotopic (exact) mass is 452 g/mol. The van der Waals surface area contributed by atoms with Crippen LogP contribution in [0.3, 0.4) is 0 Å². The average molecular weight is 453 g/mol. The number of halogens is 2. The van der Waals surface area contributed by atoms with Crippen molar-refractivity contribution in [3.05, 3.63) is 23.8 Å². The van der Waals surface area contributed by atoms with Crippen LogP contribution in [0.15, 0.2) is 23.1 Å². The molecule has 7 nitrogen and oxygen atoms in total. The first kappa shape index (κ1) is 25.0. The third kappa shape index (κ3) is 5.30. The summed E-state index contributed by atoms with van der Waals surface area (Å²) in [5.74, 6) is -0.0807.